The first-order valence-corrected chi connectivity index (χ1v) is 15.4. The molecule has 49 heavy (non-hydrogen) atoms. The highest BCUT2D eigenvalue weighted by Crippen LogP contribution is 2.29. The molecule has 1 fully saturated rings. The third-order valence-corrected chi connectivity index (χ3v) is 8.12. The zero-order chi connectivity index (χ0) is 34.1. The van der Waals surface area contributed by atoms with Crippen LogP contribution in [0.25, 0.3) is 22.3 Å². The van der Waals surface area contributed by atoms with Crippen molar-refractivity contribution < 1.29 is 37.0 Å². The smallest absolute Gasteiger partial charge is 0.335 e. The van der Waals surface area contributed by atoms with E-state index in [1.54, 1.807) is 31.2 Å². The predicted molar refractivity (Wildman–Crippen MR) is 171 cm³/mol. The number of ether oxygens (including phenoxy) is 2. The van der Waals surface area contributed by atoms with Gasteiger partial charge in [-0.05, 0) is 66.4 Å². The third-order valence-electron chi connectivity index (χ3n) is 8.12. The second-order valence-electron chi connectivity index (χ2n) is 11.5. The highest BCUT2D eigenvalue weighted by Gasteiger charge is 2.24. The van der Waals surface area contributed by atoms with Crippen molar-refractivity contribution in [1.29, 1.82) is 0 Å². The maximum absolute atomic E-state index is 15.6. The first-order valence-electron chi connectivity index (χ1n) is 15.4. The molecule has 1 saturated heterocycles. The molecule has 0 amide bonds. The molecule has 7 rings (SSSR count). The Bertz CT molecular complexity index is 2280. The van der Waals surface area contributed by atoms with Gasteiger partial charge in [0.05, 0.1) is 41.1 Å². The number of oxazole rings is 1. The lowest BCUT2D eigenvalue weighted by Gasteiger charge is -2.27. The molecule has 3 aromatic carbocycles. The number of aromatic nitrogens is 4. The number of aromatic carboxylic acids is 1. The quantitative estimate of drug-likeness (QED) is 0.167. The normalized spacial score (nSPS) is 13.9. The molecule has 3 aromatic heterocycles. The third kappa shape index (κ3) is 6.88. The van der Waals surface area contributed by atoms with Crippen LogP contribution in [0.1, 0.15) is 50.9 Å². The molecule has 0 unspecified atom stereocenters. The molecule has 9 nitrogen and oxygen atoms in total. The Morgan fingerprint density at radius 1 is 1.00 bits per heavy atom. The summed E-state index contributed by atoms with van der Waals surface area (Å²) in [6, 6.07) is 15.9. The van der Waals surface area contributed by atoms with Crippen LogP contribution in [0.3, 0.4) is 0 Å². The fourth-order valence-electron chi connectivity index (χ4n) is 5.46. The molecule has 6 aromatic rings. The minimum atomic E-state index is -1.08. The molecule has 0 aliphatic carbocycles. The monoisotopic (exact) mass is 664 g/mol. The number of carbonyl (C=O) groups is 1. The molecule has 12 heteroatoms. The maximum Gasteiger partial charge on any atom is 0.335 e. The molecule has 4 heterocycles. The highest BCUT2D eigenvalue weighted by molar-refractivity contribution is 5.92. The summed E-state index contributed by atoms with van der Waals surface area (Å²) in [4.78, 5) is 24.5. The van der Waals surface area contributed by atoms with Gasteiger partial charge in [-0.15, -0.1) is 0 Å². The summed E-state index contributed by atoms with van der Waals surface area (Å²) in [5.74, 6) is 4.02. The molecular weight excluding hydrogens is 637 g/mol. The van der Waals surface area contributed by atoms with E-state index in [9.17, 15) is 14.3 Å². The number of imidazole rings is 1. The molecule has 0 saturated carbocycles. The predicted octanol–water partition coefficient (Wildman–Crippen LogP) is 6.87. The highest BCUT2D eigenvalue weighted by atomic mass is 19.1. The van der Waals surface area contributed by atoms with E-state index in [1.165, 1.54) is 36.5 Å². The molecule has 1 atom stereocenters. The van der Waals surface area contributed by atoms with Crippen molar-refractivity contribution in [3.63, 3.8) is 0 Å². The first-order chi connectivity index (χ1) is 23.7. The number of hydrogen-bond donors (Lipinski definition) is 1. The van der Waals surface area contributed by atoms with Gasteiger partial charge in [-0.2, -0.15) is 0 Å². The van der Waals surface area contributed by atoms with Crippen LogP contribution >= 0.6 is 0 Å². The number of rotatable bonds is 9. The van der Waals surface area contributed by atoms with Gasteiger partial charge in [-0.25, -0.2) is 32.9 Å². The topological polar surface area (TPSA) is 113 Å². The summed E-state index contributed by atoms with van der Waals surface area (Å²) >= 11 is 0. The standard InChI is InChI=1S/C37H27F3N4O5/c1-21-41-18-26(49-21)9-6-22-5-7-24(29(38)13-22)20-48-36-4-2-3-32(43-36)28-17-30(39)25(14-31(28)40)16-35-42-33-10-8-23(37(45)46)15-34(33)44(35)19-27-11-12-47-27/h2-5,7-8,10,13-15,17-18,27H,11-12,16,19-20H2,1H3,(H,45,46)/t27-/m0/s1. The van der Waals surface area contributed by atoms with Crippen LogP contribution < -0.4 is 4.74 Å². The lowest BCUT2D eigenvalue weighted by molar-refractivity contribution is -0.0589. The van der Waals surface area contributed by atoms with Gasteiger partial charge in [-0.1, -0.05) is 18.1 Å². The van der Waals surface area contributed by atoms with E-state index in [0.29, 0.717) is 47.2 Å². The largest absolute Gasteiger partial charge is 0.478 e. The molecule has 0 spiro atoms. The summed E-state index contributed by atoms with van der Waals surface area (Å²) in [6.07, 6.45) is 2.19. The Morgan fingerprint density at radius 3 is 2.57 bits per heavy atom. The number of aryl methyl sites for hydroxylation is 1. The summed E-state index contributed by atoms with van der Waals surface area (Å²) in [5, 5.41) is 9.49. The second-order valence-corrected chi connectivity index (χ2v) is 11.5. The number of halogens is 3. The first kappa shape index (κ1) is 31.7. The SMILES string of the molecule is Cc1ncc(C#Cc2ccc(COc3cccc(-c4cc(F)c(Cc5nc6ccc(C(=O)O)cc6n5C[C@@H]5CCO5)cc4F)n3)c(F)c2)o1. The Hall–Kier alpha value is -5.93. The second kappa shape index (κ2) is 13.3. The molecule has 0 radical (unpaired) electrons. The van der Waals surface area contributed by atoms with E-state index in [1.807, 2.05) is 4.57 Å². The summed E-state index contributed by atoms with van der Waals surface area (Å²) in [5.41, 5.74) is 2.02. The Labute approximate surface area is 278 Å². The van der Waals surface area contributed by atoms with Crippen LogP contribution in [0.2, 0.25) is 0 Å². The van der Waals surface area contributed by atoms with Crippen molar-refractivity contribution in [2.24, 2.45) is 0 Å². The maximum atomic E-state index is 15.6. The molecule has 246 valence electrons. The van der Waals surface area contributed by atoms with Gasteiger partial charge in [0.15, 0.2) is 11.7 Å². The zero-order valence-corrected chi connectivity index (χ0v) is 26.0. The van der Waals surface area contributed by atoms with Gasteiger partial charge in [-0.3, -0.25) is 0 Å². The average molecular weight is 665 g/mol. The van der Waals surface area contributed by atoms with Crippen molar-refractivity contribution in [2.75, 3.05) is 6.61 Å². The Kier molecular flexibility index (Phi) is 8.59. The van der Waals surface area contributed by atoms with Crippen molar-refractivity contribution in [3.05, 3.63) is 130 Å². The van der Waals surface area contributed by atoms with Crippen molar-refractivity contribution in [3.8, 4) is 29.0 Å². The van der Waals surface area contributed by atoms with Gasteiger partial charge >= 0.3 is 5.97 Å². The lowest BCUT2D eigenvalue weighted by atomic mass is 10.0. The number of benzene rings is 3. The van der Waals surface area contributed by atoms with Gasteiger partial charge in [0.25, 0.3) is 0 Å². The minimum absolute atomic E-state index is 0.0426. The number of carboxylic acid groups (broad SMARTS) is 1. The lowest BCUT2D eigenvalue weighted by Crippen LogP contribution is -2.31. The number of carboxylic acids is 1. The van der Waals surface area contributed by atoms with Crippen LogP contribution in [-0.4, -0.2) is 43.3 Å². The van der Waals surface area contributed by atoms with Crippen LogP contribution in [0.4, 0.5) is 13.2 Å². The Morgan fingerprint density at radius 2 is 1.84 bits per heavy atom. The number of fused-ring (bicyclic) bond motifs is 1. The van der Waals surface area contributed by atoms with E-state index >= 15 is 8.78 Å². The van der Waals surface area contributed by atoms with E-state index in [2.05, 4.69) is 26.8 Å². The molecule has 1 aliphatic rings. The van der Waals surface area contributed by atoms with Gasteiger partial charge < -0.3 is 23.6 Å². The van der Waals surface area contributed by atoms with Crippen LogP contribution in [0, 0.1) is 36.2 Å². The zero-order valence-electron chi connectivity index (χ0n) is 26.0. The van der Waals surface area contributed by atoms with E-state index in [-0.39, 0.29) is 53.0 Å². The average Bonchev–Trinajstić information content (AvgIpc) is 3.64. The Balaban J connectivity index is 1.08. The van der Waals surface area contributed by atoms with Gasteiger partial charge in [0, 0.05) is 42.7 Å². The fourth-order valence-corrected chi connectivity index (χ4v) is 5.46. The van der Waals surface area contributed by atoms with Gasteiger partial charge in [0.2, 0.25) is 5.88 Å². The van der Waals surface area contributed by atoms with E-state index in [0.717, 1.165) is 18.6 Å². The summed E-state index contributed by atoms with van der Waals surface area (Å²) in [6.45, 7) is 2.57. The van der Waals surface area contributed by atoms with E-state index < -0.39 is 23.4 Å². The number of pyridine rings is 1. The molecule has 1 N–H and O–H groups in total. The summed E-state index contributed by atoms with van der Waals surface area (Å²) in [7, 11) is 0. The van der Waals surface area contributed by atoms with Crippen molar-refractivity contribution >= 4 is 17.0 Å². The fraction of sp³-hybridized carbons (Fsp3) is 0.189. The van der Waals surface area contributed by atoms with Crippen LogP contribution in [0.5, 0.6) is 5.88 Å². The van der Waals surface area contributed by atoms with Crippen molar-refractivity contribution in [1.82, 2.24) is 19.5 Å². The molecule has 1 aliphatic heterocycles. The van der Waals surface area contributed by atoms with E-state index in [4.69, 9.17) is 13.9 Å². The molecule has 0 bridgehead atoms. The van der Waals surface area contributed by atoms with Crippen molar-refractivity contribution in [2.45, 2.75) is 39.0 Å². The molecular formula is C37H27F3N4O5. The number of nitrogens with zero attached hydrogens (tertiary/aromatic N) is 4. The summed E-state index contributed by atoms with van der Waals surface area (Å²) < 4.78 is 64.3. The van der Waals surface area contributed by atoms with Crippen LogP contribution in [0.15, 0.2) is 77.3 Å². The number of hydrogen-bond acceptors (Lipinski definition) is 7. The minimum Gasteiger partial charge on any atom is -0.478 e. The van der Waals surface area contributed by atoms with Gasteiger partial charge in [0.1, 0.15) is 29.9 Å². The van der Waals surface area contributed by atoms with Crippen LogP contribution in [-0.2, 0) is 24.3 Å².